The Bertz CT molecular complexity index is 704. The average molecular weight is 325 g/mol. The van der Waals surface area contributed by atoms with Crippen molar-refractivity contribution in [3.8, 4) is 11.5 Å². The minimum atomic E-state index is -0.734. The number of hydrogen-bond donors (Lipinski definition) is 1. The van der Waals surface area contributed by atoms with E-state index in [9.17, 15) is 4.79 Å². The molecule has 1 N–H and O–H groups in total. The van der Waals surface area contributed by atoms with Gasteiger partial charge in [0.2, 0.25) is 0 Å². The van der Waals surface area contributed by atoms with Gasteiger partial charge in [-0.2, -0.15) is 0 Å². The van der Waals surface area contributed by atoms with E-state index in [1.54, 1.807) is 0 Å². The predicted molar refractivity (Wildman–Crippen MR) is 95.1 cm³/mol. The van der Waals surface area contributed by atoms with Gasteiger partial charge in [-0.25, -0.2) is 0 Å². The number of aryl methyl sites for hydroxylation is 2. The Hall–Kier alpha value is -2.49. The van der Waals surface area contributed by atoms with Gasteiger partial charge in [-0.05, 0) is 62.1 Å². The van der Waals surface area contributed by atoms with Crippen LogP contribution < -0.4 is 9.64 Å². The van der Waals surface area contributed by atoms with Crippen molar-refractivity contribution >= 4 is 11.7 Å². The lowest BCUT2D eigenvalue weighted by Crippen LogP contribution is -2.31. The summed E-state index contributed by atoms with van der Waals surface area (Å²) in [5.41, 5.74) is 3.29. The monoisotopic (exact) mass is 325 g/mol. The molecule has 126 valence electrons. The van der Waals surface area contributed by atoms with Crippen LogP contribution >= 0.6 is 0 Å². The van der Waals surface area contributed by atoms with Crippen LogP contribution in [0.3, 0.4) is 0 Å². The van der Waals surface area contributed by atoms with Crippen molar-refractivity contribution in [3.05, 3.63) is 53.6 Å². The molecule has 2 aromatic carbocycles. The van der Waals surface area contributed by atoms with E-state index in [4.69, 9.17) is 9.84 Å². The zero-order chi connectivity index (χ0) is 17.1. The summed E-state index contributed by atoms with van der Waals surface area (Å²) < 4.78 is 6.04. The third kappa shape index (κ3) is 3.53. The minimum absolute atomic E-state index is 0.0906. The highest BCUT2D eigenvalue weighted by atomic mass is 16.5. The van der Waals surface area contributed by atoms with E-state index in [0.717, 1.165) is 47.7 Å². The van der Waals surface area contributed by atoms with Crippen molar-refractivity contribution in [1.29, 1.82) is 0 Å². The number of carbonyl (C=O) groups is 1. The van der Waals surface area contributed by atoms with Crippen LogP contribution in [-0.2, 0) is 4.79 Å². The van der Waals surface area contributed by atoms with E-state index in [2.05, 4.69) is 4.90 Å². The fourth-order valence-electron chi connectivity index (χ4n) is 3.37. The quantitative estimate of drug-likeness (QED) is 0.877. The van der Waals surface area contributed by atoms with Gasteiger partial charge in [-0.1, -0.05) is 18.2 Å². The van der Waals surface area contributed by atoms with E-state index in [1.165, 1.54) is 0 Å². The summed E-state index contributed by atoms with van der Waals surface area (Å²) in [7, 11) is 0. The Kier molecular flexibility index (Phi) is 4.74. The molecule has 24 heavy (non-hydrogen) atoms. The Morgan fingerprint density at radius 3 is 2.46 bits per heavy atom. The SMILES string of the molecule is Cc1cccc(C)c1Oc1ccc(N2CCC[C@@H]2CC(=O)O)cc1. The summed E-state index contributed by atoms with van der Waals surface area (Å²) in [5, 5.41) is 9.05. The zero-order valence-electron chi connectivity index (χ0n) is 14.2. The summed E-state index contributed by atoms with van der Waals surface area (Å²) in [6.45, 7) is 4.99. The first-order chi connectivity index (χ1) is 11.5. The molecular weight excluding hydrogens is 302 g/mol. The highest BCUT2D eigenvalue weighted by Gasteiger charge is 2.26. The number of para-hydroxylation sites is 1. The predicted octanol–water partition coefficient (Wildman–Crippen LogP) is 4.54. The summed E-state index contributed by atoms with van der Waals surface area (Å²) in [5.74, 6) is 0.960. The standard InChI is InChI=1S/C20H23NO3/c1-14-5-3-6-15(2)20(14)24-18-10-8-16(9-11-18)21-12-4-7-17(21)13-19(22)23/h3,5-6,8-11,17H,4,7,12-13H2,1-2H3,(H,22,23)/t17-/m1/s1. The molecule has 1 aliphatic rings. The van der Waals surface area contributed by atoms with E-state index in [0.29, 0.717) is 0 Å². The third-order valence-corrected chi connectivity index (χ3v) is 4.58. The van der Waals surface area contributed by atoms with Crippen LogP contribution in [0.15, 0.2) is 42.5 Å². The number of anilines is 1. The van der Waals surface area contributed by atoms with Crippen molar-refractivity contribution in [1.82, 2.24) is 0 Å². The van der Waals surface area contributed by atoms with Crippen LogP contribution in [0.4, 0.5) is 5.69 Å². The third-order valence-electron chi connectivity index (χ3n) is 4.58. The largest absolute Gasteiger partial charge is 0.481 e. The number of aliphatic carboxylic acids is 1. The van der Waals surface area contributed by atoms with Crippen molar-refractivity contribution < 1.29 is 14.6 Å². The molecule has 1 saturated heterocycles. The van der Waals surface area contributed by atoms with E-state index >= 15 is 0 Å². The van der Waals surface area contributed by atoms with Crippen LogP contribution in [0, 0.1) is 13.8 Å². The molecule has 1 aliphatic heterocycles. The zero-order valence-corrected chi connectivity index (χ0v) is 14.2. The first-order valence-corrected chi connectivity index (χ1v) is 8.37. The highest BCUT2D eigenvalue weighted by Crippen LogP contribution is 2.32. The van der Waals surface area contributed by atoms with Crippen LogP contribution in [0.1, 0.15) is 30.4 Å². The molecule has 0 aliphatic carbocycles. The van der Waals surface area contributed by atoms with Gasteiger partial charge in [0, 0.05) is 18.3 Å². The number of benzene rings is 2. The second-order valence-corrected chi connectivity index (χ2v) is 6.40. The van der Waals surface area contributed by atoms with Gasteiger partial charge in [-0.3, -0.25) is 4.79 Å². The molecule has 0 aromatic heterocycles. The van der Waals surface area contributed by atoms with E-state index in [1.807, 2.05) is 56.3 Å². The number of ether oxygens (including phenoxy) is 1. The number of hydrogen-bond acceptors (Lipinski definition) is 3. The van der Waals surface area contributed by atoms with Crippen LogP contribution in [0.5, 0.6) is 11.5 Å². The molecule has 1 heterocycles. The normalized spacial score (nSPS) is 17.1. The Labute approximate surface area is 142 Å². The number of rotatable bonds is 5. The number of carboxylic acid groups (broad SMARTS) is 1. The molecule has 1 atom stereocenters. The van der Waals surface area contributed by atoms with Crippen LogP contribution in [0.25, 0.3) is 0 Å². The molecule has 0 amide bonds. The first-order valence-electron chi connectivity index (χ1n) is 8.37. The minimum Gasteiger partial charge on any atom is -0.481 e. The van der Waals surface area contributed by atoms with Crippen LogP contribution in [-0.4, -0.2) is 23.7 Å². The van der Waals surface area contributed by atoms with Crippen molar-refractivity contribution in [2.24, 2.45) is 0 Å². The smallest absolute Gasteiger partial charge is 0.305 e. The Morgan fingerprint density at radius 1 is 1.17 bits per heavy atom. The van der Waals surface area contributed by atoms with Gasteiger partial charge in [0.05, 0.1) is 6.42 Å². The Balaban J connectivity index is 1.75. The number of carboxylic acids is 1. The molecule has 0 unspecified atom stereocenters. The van der Waals surface area contributed by atoms with Gasteiger partial charge in [0.1, 0.15) is 11.5 Å². The fourth-order valence-corrected chi connectivity index (χ4v) is 3.37. The summed E-state index contributed by atoms with van der Waals surface area (Å²) in [4.78, 5) is 13.2. The van der Waals surface area contributed by atoms with Crippen LogP contribution in [0.2, 0.25) is 0 Å². The molecule has 4 heteroatoms. The second kappa shape index (κ2) is 6.95. The molecule has 4 nitrogen and oxygen atoms in total. The van der Waals surface area contributed by atoms with Crippen molar-refractivity contribution in [3.63, 3.8) is 0 Å². The molecule has 2 aromatic rings. The lowest BCUT2D eigenvalue weighted by molar-refractivity contribution is -0.137. The highest BCUT2D eigenvalue weighted by molar-refractivity contribution is 5.69. The summed E-state index contributed by atoms with van der Waals surface area (Å²) >= 11 is 0. The molecule has 0 bridgehead atoms. The lowest BCUT2D eigenvalue weighted by Gasteiger charge is -2.26. The molecule has 0 radical (unpaired) electrons. The second-order valence-electron chi connectivity index (χ2n) is 6.40. The Morgan fingerprint density at radius 2 is 1.83 bits per heavy atom. The van der Waals surface area contributed by atoms with E-state index in [-0.39, 0.29) is 12.5 Å². The molecule has 0 saturated carbocycles. The first kappa shape index (κ1) is 16.4. The van der Waals surface area contributed by atoms with Crippen molar-refractivity contribution in [2.75, 3.05) is 11.4 Å². The topological polar surface area (TPSA) is 49.8 Å². The molecular formula is C20H23NO3. The fraction of sp³-hybridized carbons (Fsp3) is 0.350. The average Bonchev–Trinajstić information content (AvgIpc) is 2.99. The molecule has 0 spiro atoms. The maximum absolute atomic E-state index is 11.0. The van der Waals surface area contributed by atoms with Gasteiger partial charge in [0.15, 0.2) is 0 Å². The maximum Gasteiger partial charge on any atom is 0.305 e. The van der Waals surface area contributed by atoms with Crippen molar-refractivity contribution in [2.45, 2.75) is 39.2 Å². The summed E-state index contributed by atoms with van der Waals surface area (Å²) in [6.07, 6.45) is 2.17. The molecule has 1 fully saturated rings. The number of nitrogens with zero attached hydrogens (tertiary/aromatic N) is 1. The lowest BCUT2D eigenvalue weighted by atomic mass is 10.1. The summed E-state index contributed by atoms with van der Waals surface area (Å²) in [6, 6.07) is 14.1. The molecule has 3 rings (SSSR count). The van der Waals surface area contributed by atoms with E-state index < -0.39 is 5.97 Å². The maximum atomic E-state index is 11.0. The van der Waals surface area contributed by atoms with Gasteiger partial charge in [-0.15, -0.1) is 0 Å². The van der Waals surface area contributed by atoms with Gasteiger partial charge in [0.25, 0.3) is 0 Å². The van der Waals surface area contributed by atoms with Gasteiger partial charge >= 0.3 is 5.97 Å². The van der Waals surface area contributed by atoms with Gasteiger partial charge < -0.3 is 14.7 Å².